The van der Waals surface area contributed by atoms with Gasteiger partial charge < -0.3 is 10.1 Å². The maximum atomic E-state index is 12.2. The fraction of sp³-hybridized carbons (Fsp3) is 0.188. The van der Waals surface area contributed by atoms with E-state index in [0.717, 1.165) is 11.3 Å². The molecule has 2 N–H and O–H groups in total. The maximum Gasteiger partial charge on any atom is 0.251 e. The van der Waals surface area contributed by atoms with E-state index < -0.39 is 15.9 Å². The molecule has 0 radical (unpaired) electrons. The number of benzene rings is 2. The molecule has 0 bridgehead atoms. The highest BCUT2D eigenvalue weighted by molar-refractivity contribution is 7.89. The first-order valence-corrected chi connectivity index (χ1v) is 8.87. The zero-order valence-electron chi connectivity index (χ0n) is 13.2. The van der Waals surface area contributed by atoms with Gasteiger partial charge >= 0.3 is 0 Å². The molecule has 0 aliphatic rings. The third kappa shape index (κ3) is 4.25. The summed E-state index contributed by atoms with van der Waals surface area (Å²) < 4.78 is 31.0. The fourth-order valence-electron chi connectivity index (χ4n) is 1.99. The van der Waals surface area contributed by atoms with E-state index in [4.69, 9.17) is 16.3 Å². The van der Waals surface area contributed by atoms with Gasteiger partial charge in [-0.2, -0.15) is 0 Å². The number of amides is 1. The molecule has 0 aliphatic heterocycles. The number of sulfonamides is 1. The van der Waals surface area contributed by atoms with Crippen LogP contribution in [0.1, 0.15) is 15.9 Å². The van der Waals surface area contributed by atoms with Crippen LogP contribution in [0.3, 0.4) is 0 Å². The molecule has 0 saturated carbocycles. The number of hydrogen-bond donors (Lipinski definition) is 2. The highest BCUT2D eigenvalue weighted by Crippen LogP contribution is 2.22. The smallest absolute Gasteiger partial charge is 0.251 e. The average molecular weight is 369 g/mol. The van der Waals surface area contributed by atoms with Crippen LogP contribution in [0.25, 0.3) is 0 Å². The van der Waals surface area contributed by atoms with Gasteiger partial charge in [0.15, 0.2) is 0 Å². The molecule has 8 heteroatoms. The summed E-state index contributed by atoms with van der Waals surface area (Å²) in [5.74, 6) is 0.333. The molecule has 0 unspecified atom stereocenters. The summed E-state index contributed by atoms with van der Waals surface area (Å²) in [4.78, 5) is 12.1. The van der Waals surface area contributed by atoms with Crippen LogP contribution < -0.4 is 14.8 Å². The van der Waals surface area contributed by atoms with Crippen molar-refractivity contribution < 1.29 is 17.9 Å². The number of carbonyl (C=O) groups excluding carboxylic acids is 1. The second kappa shape index (κ2) is 7.65. The lowest BCUT2D eigenvalue weighted by atomic mass is 10.2. The van der Waals surface area contributed by atoms with E-state index in [2.05, 4.69) is 10.0 Å². The van der Waals surface area contributed by atoms with Crippen molar-refractivity contribution in [3.63, 3.8) is 0 Å². The summed E-state index contributed by atoms with van der Waals surface area (Å²) in [6.45, 7) is 0.305. The molecular weight excluding hydrogens is 352 g/mol. The van der Waals surface area contributed by atoms with Crippen LogP contribution in [0.5, 0.6) is 5.75 Å². The number of ether oxygens (including phenoxy) is 1. The Morgan fingerprint density at radius 2 is 1.83 bits per heavy atom. The fourth-order valence-corrected chi connectivity index (χ4v) is 3.24. The molecule has 0 spiro atoms. The van der Waals surface area contributed by atoms with Crippen LogP contribution in [-0.4, -0.2) is 28.5 Å². The number of methoxy groups -OCH3 is 1. The number of carbonyl (C=O) groups is 1. The lowest BCUT2D eigenvalue weighted by Crippen LogP contribution is -2.24. The average Bonchev–Trinajstić information content (AvgIpc) is 2.60. The first kappa shape index (κ1) is 18.3. The first-order valence-electron chi connectivity index (χ1n) is 7.01. The van der Waals surface area contributed by atoms with Gasteiger partial charge in [-0.25, -0.2) is 13.1 Å². The summed E-state index contributed by atoms with van der Waals surface area (Å²) >= 11 is 5.90. The zero-order chi connectivity index (χ0) is 17.7. The van der Waals surface area contributed by atoms with E-state index >= 15 is 0 Å². The third-order valence-corrected chi connectivity index (χ3v) is 5.26. The number of nitrogens with one attached hydrogen (secondary N) is 2. The van der Waals surface area contributed by atoms with Gasteiger partial charge in [0.05, 0.1) is 12.1 Å². The molecule has 2 aromatic rings. The van der Waals surface area contributed by atoms with E-state index in [0.29, 0.717) is 6.54 Å². The number of rotatable bonds is 6. The normalized spacial score (nSPS) is 11.1. The van der Waals surface area contributed by atoms with Gasteiger partial charge in [0, 0.05) is 12.1 Å². The molecule has 1 amide bonds. The molecule has 0 aliphatic carbocycles. The lowest BCUT2D eigenvalue weighted by molar-refractivity contribution is 0.0950. The van der Waals surface area contributed by atoms with E-state index in [1.54, 1.807) is 19.2 Å². The third-order valence-electron chi connectivity index (χ3n) is 3.36. The molecule has 0 fully saturated rings. The van der Waals surface area contributed by atoms with Gasteiger partial charge in [0.2, 0.25) is 10.0 Å². The number of hydrogen-bond acceptors (Lipinski definition) is 4. The molecule has 2 aromatic carbocycles. The van der Waals surface area contributed by atoms with Gasteiger partial charge in [-0.15, -0.1) is 0 Å². The predicted molar refractivity (Wildman–Crippen MR) is 91.9 cm³/mol. The maximum absolute atomic E-state index is 12.2. The van der Waals surface area contributed by atoms with Crippen molar-refractivity contribution in [3.05, 3.63) is 58.6 Å². The molecule has 0 heterocycles. The van der Waals surface area contributed by atoms with Crippen LogP contribution in [0, 0.1) is 0 Å². The second-order valence-corrected chi connectivity index (χ2v) is 7.15. The topological polar surface area (TPSA) is 84.5 Å². The molecule has 0 aromatic heterocycles. The monoisotopic (exact) mass is 368 g/mol. The van der Waals surface area contributed by atoms with Crippen molar-refractivity contribution in [2.75, 3.05) is 14.2 Å². The van der Waals surface area contributed by atoms with Crippen molar-refractivity contribution in [2.45, 2.75) is 11.4 Å². The quantitative estimate of drug-likeness (QED) is 0.818. The van der Waals surface area contributed by atoms with E-state index in [-0.39, 0.29) is 15.5 Å². The van der Waals surface area contributed by atoms with Crippen molar-refractivity contribution >= 4 is 27.5 Å². The van der Waals surface area contributed by atoms with Gasteiger partial charge in [0.1, 0.15) is 10.6 Å². The highest BCUT2D eigenvalue weighted by Gasteiger charge is 2.18. The van der Waals surface area contributed by atoms with Gasteiger partial charge in [0.25, 0.3) is 5.91 Å². The van der Waals surface area contributed by atoms with Gasteiger partial charge in [-0.3, -0.25) is 4.79 Å². The Bertz CT molecular complexity index is 836. The minimum atomic E-state index is -3.74. The van der Waals surface area contributed by atoms with Crippen LogP contribution in [0.2, 0.25) is 5.02 Å². The van der Waals surface area contributed by atoms with Crippen molar-refractivity contribution in [1.29, 1.82) is 0 Å². The summed E-state index contributed by atoms with van der Waals surface area (Å²) in [6.07, 6.45) is 0. The van der Waals surface area contributed by atoms with E-state index in [9.17, 15) is 13.2 Å². The minimum Gasteiger partial charge on any atom is -0.497 e. The van der Waals surface area contributed by atoms with Gasteiger partial charge in [-0.05, 0) is 42.9 Å². The van der Waals surface area contributed by atoms with Crippen molar-refractivity contribution in [1.82, 2.24) is 10.0 Å². The van der Waals surface area contributed by atoms with Crippen LogP contribution >= 0.6 is 11.6 Å². The SMILES string of the molecule is CNS(=O)(=O)c1cc(C(=O)NCc2ccc(OC)cc2)ccc1Cl. The molecule has 24 heavy (non-hydrogen) atoms. The van der Waals surface area contributed by atoms with Crippen LogP contribution in [-0.2, 0) is 16.6 Å². The van der Waals surface area contributed by atoms with Crippen molar-refractivity contribution in [2.24, 2.45) is 0 Å². The Kier molecular flexibility index (Phi) is 5.82. The van der Waals surface area contributed by atoms with Crippen LogP contribution in [0.15, 0.2) is 47.4 Å². The lowest BCUT2D eigenvalue weighted by Gasteiger charge is -2.09. The van der Waals surface area contributed by atoms with Crippen molar-refractivity contribution in [3.8, 4) is 5.75 Å². The molecule has 0 atom stereocenters. The second-order valence-electron chi connectivity index (χ2n) is 4.88. The first-order chi connectivity index (χ1) is 11.4. The molecule has 0 saturated heterocycles. The Morgan fingerprint density at radius 3 is 2.42 bits per heavy atom. The summed E-state index contributed by atoms with van der Waals surface area (Å²) in [6, 6.07) is 11.4. The van der Waals surface area contributed by atoms with E-state index in [1.165, 1.54) is 25.2 Å². The molecule has 128 valence electrons. The molecule has 2 rings (SSSR count). The standard InChI is InChI=1S/C16H17ClN2O4S/c1-18-24(21,22)15-9-12(5-8-14(15)17)16(20)19-10-11-3-6-13(23-2)7-4-11/h3-9,18H,10H2,1-2H3,(H,19,20). The van der Waals surface area contributed by atoms with E-state index in [1.807, 2.05) is 12.1 Å². The minimum absolute atomic E-state index is 0.0519. The Labute approximate surface area is 145 Å². The molecule has 6 nitrogen and oxygen atoms in total. The summed E-state index contributed by atoms with van der Waals surface area (Å²) in [5, 5.41) is 2.78. The predicted octanol–water partition coefficient (Wildman–Crippen LogP) is 2.19. The summed E-state index contributed by atoms with van der Waals surface area (Å²) in [7, 11) is -0.878. The molecular formula is C16H17ClN2O4S. The number of halogens is 1. The Morgan fingerprint density at radius 1 is 1.17 bits per heavy atom. The zero-order valence-corrected chi connectivity index (χ0v) is 14.7. The van der Waals surface area contributed by atoms with Gasteiger partial charge in [-0.1, -0.05) is 23.7 Å². The largest absolute Gasteiger partial charge is 0.497 e. The Hall–Kier alpha value is -2.09. The Balaban J connectivity index is 2.13. The summed E-state index contributed by atoms with van der Waals surface area (Å²) in [5.41, 5.74) is 1.10. The highest BCUT2D eigenvalue weighted by atomic mass is 35.5. The van der Waals surface area contributed by atoms with Crippen LogP contribution in [0.4, 0.5) is 0 Å².